The molecule has 0 bridgehead atoms. The molecule has 7 heteroatoms. The molecule has 1 saturated carbocycles. The van der Waals surface area contributed by atoms with Crippen molar-refractivity contribution in [2.75, 3.05) is 5.32 Å². The fourth-order valence-corrected chi connectivity index (χ4v) is 7.51. The summed E-state index contributed by atoms with van der Waals surface area (Å²) in [6.45, 7) is 6.47. The van der Waals surface area contributed by atoms with Crippen LogP contribution in [0.4, 0.5) is 5.69 Å². The predicted octanol–water partition coefficient (Wildman–Crippen LogP) is 7.83. The van der Waals surface area contributed by atoms with Crippen molar-refractivity contribution in [3.8, 4) is 0 Å². The van der Waals surface area contributed by atoms with Crippen molar-refractivity contribution < 1.29 is 9.59 Å². The van der Waals surface area contributed by atoms with Gasteiger partial charge in [0.25, 0.3) is 11.8 Å². The molecule has 1 heterocycles. The molecule has 196 valence electrons. The molecule has 0 unspecified atom stereocenters. The molecule has 1 aliphatic rings. The normalized spacial score (nSPS) is 14.0. The number of anilines is 1. The van der Waals surface area contributed by atoms with Crippen LogP contribution in [0.2, 0.25) is 0 Å². The molecule has 0 aliphatic heterocycles. The van der Waals surface area contributed by atoms with Crippen molar-refractivity contribution in [2.24, 2.45) is 0 Å². The molecule has 4 aromatic rings. The quantitative estimate of drug-likeness (QED) is 0.233. The Morgan fingerprint density at radius 2 is 1.61 bits per heavy atom. The third kappa shape index (κ3) is 6.11. The third-order valence-corrected chi connectivity index (χ3v) is 9.35. The summed E-state index contributed by atoms with van der Waals surface area (Å²) in [5, 5.41) is 6.12. The highest BCUT2D eigenvalue weighted by atomic mass is 32.2. The number of hydrogen-bond acceptors (Lipinski definition) is 5. The number of nitrogens with zero attached hydrogens (tertiary/aromatic N) is 1. The summed E-state index contributed by atoms with van der Waals surface area (Å²) in [6.07, 6.45) is 5.50. The van der Waals surface area contributed by atoms with Gasteiger partial charge in [0.1, 0.15) is 0 Å². The number of benzene rings is 3. The van der Waals surface area contributed by atoms with Crippen molar-refractivity contribution >= 4 is 50.8 Å². The van der Waals surface area contributed by atoms with Crippen molar-refractivity contribution in [3.63, 3.8) is 0 Å². The molecule has 1 aromatic heterocycles. The lowest BCUT2D eigenvalue weighted by molar-refractivity contribution is 0.0917. The van der Waals surface area contributed by atoms with Crippen LogP contribution >= 0.6 is 23.1 Å². The van der Waals surface area contributed by atoms with E-state index in [0.717, 1.165) is 46.0 Å². The molecule has 2 amide bonds. The molecular formula is C31H33N3O2S2. The van der Waals surface area contributed by atoms with E-state index < -0.39 is 0 Å². The Bertz CT molecular complexity index is 1460. The van der Waals surface area contributed by atoms with E-state index in [1.807, 2.05) is 18.2 Å². The number of fused-ring (bicyclic) bond motifs is 1. The fraction of sp³-hybridized carbons (Fsp3) is 0.323. The first kappa shape index (κ1) is 26.4. The average molecular weight is 544 g/mol. The van der Waals surface area contributed by atoms with Crippen LogP contribution in [0.25, 0.3) is 10.2 Å². The molecule has 2 N–H and O–H groups in total. The number of nitrogens with one attached hydrogen (secondary N) is 2. The number of thiazole rings is 1. The van der Waals surface area contributed by atoms with E-state index in [2.05, 4.69) is 43.5 Å². The van der Waals surface area contributed by atoms with E-state index in [-0.39, 0.29) is 17.9 Å². The van der Waals surface area contributed by atoms with Gasteiger partial charge in [-0.1, -0.05) is 60.9 Å². The second kappa shape index (κ2) is 11.7. The van der Waals surface area contributed by atoms with Gasteiger partial charge in [-0.05, 0) is 80.6 Å². The Kier molecular flexibility index (Phi) is 8.15. The Morgan fingerprint density at radius 3 is 2.32 bits per heavy atom. The van der Waals surface area contributed by atoms with Gasteiger partial charge in [-0.15, -0.1) is 11.3 Å². The Balaban J connectivity index is 1.28. The van der Waals surface area contributed by atoms with Crippen LogP contribution in [-0.4, -0.2) is 22.8 Å². The second-order valence-corrected chi connectivity index (χ2v) is 12.4. The summed E-state index contributed by atoms with van der Waals surface area (Å²) in [7, 11) is 0. The zero-order chi connectivity index (χ0) is 26.6. The van der Waals surface area contributed by atoms with Crippen molar-refractivity contribution in [2.45, 2.75) is 69.0 Å². The highest BCUT2D eigenvalue weighted by Crippen LogP contribution is 2.34. The predicted molar refractivity (Wildman–Crippen MR) is 159 cm³/mol. The van der Waals surface area contributed by atoms with Crippen LogP contribution in [0.15, 0.2) is 58.9 Å². The number of aryl methyl sites for hydroxylation is 3. The van der Waals surface area contributed by atoms with Gasteiger partial charge in [0.05, 0.1) is 21.3 Å². The summed E-state index contributed by atoms with van der Waals surface area (Å²) in [6, 6.07) is 17.4. The van der Waals surface area contributed by atoms with E-state index in [0.29, 0.717) is 16.8 Å². The topological polar surface area (TPSA) is 71.1 Å². The van der Waals surface area contributed by atoms with Crippen LogP contribution in [0.1, 0.15) is 75.1 Å². The Morgan fingerprint density at radius 1 is 0.921 bits per heavy atom. The number of aromatic nitrogens is 1. The summed E-state index contributed by atoms with van der Waals surface area (Å²) in [4.78, 5) is 31.0. The smallest absolute Gasteiger partial charge is 0.256 e. The first-order valence-electron chi connectivity index (χ1n) is 13.2. The summed E-state index contributed by atoms with van der Waals surface area (Å²) < 4.78 is 2.03. The van der Waals surface area contributed by atoms with Crippen molar-refractivity contribution in [1.82, 2.24) is 10.3 Å². The van der Waals surface area contributed by atoms with Gasteiger partial charge >= 0.3 is 0 Å². The number of hydrogen-bond donors (Lipinski definition) is 2. The van der Waals surface area contributed by atoms with Crippen molar-refractivity contribution in [1.29, 1.82) is 0 Å². The van der Waals surface area contributed by atoms with Gasteiger partial charge in [-0.3, -0.25) is 9.59 Å². The maximum absolute atomic E-state index is 13.2. The van der Waals surface area contributed by atoms with Gasteiger partial charge in [0, 0.05) is 17.5 Å². The molecule has 3 aromatic carbocycles. The highest BCUT2D eigenvalue weighted by Gasteiger charge is 2.21. The molecule has 5 nitrogen and oxygen atoms in total. The Labute approximate surface area is 232 Å². The molecule has 0 radical (unpaired) electrons. The molecular weight excluding hydrogens is 510 g/mol. The molecule has 1 aliphatic carbocycles. The van der Waals surface area contributed by atoms with Crippen molar-refractivity contribution in [3.05, 3.63) is 88.0 Å². The largest absolute Gasteiger partial charge is 0.349 e. The third-order valence-electron chi connectivity index (χ3n) is 7.16. The lowest BCUT2D eigenvalue weighted by Crippen LogP contribution is -2.37. The van der Waals surface area contributed by atoms with Crippen LogP contribution in [0, 0.1) is 20.8 Å². The van der Waals surface area contributed by atoms with Gasteiger partial charge in [0.15, 0.2) is 4.34 Å². The maximum atomic E-state index is 13.2. The zero-order valence-electron chi connectivity index (χ0n) is 22.1. The number of thioether (sulfide) groups is 1. The molecule has 0 saturated heterocycles. The van der Waals surface area contributed by atoms with Gasteiger partial charge in [0.2, 0.25) is 0 Å². The van der Waals surface area contributed by atoms with E-state index in [1.165, 1.54) is 28.7 Å². The molecule has 0 spiro atoms. The fourth-order valence-electron chi connectivity index (χ4n) is 5.20. The first-order chi connectivity index (χ1) is 18.4. The standard InChI is InChI=1S/C31H33N3O2S2/c1-19-15-20(2)26(21(3)16-19)18-37-31-34-27-14-13-23(17-28(27)38-31)33-30(36)25-12-8-7-11-24(25)29(35)32-22-9-5-4-6-10-22/h7-8,11-17,22H,4-6,9-10,18H2,1-3H3,(H,32,35)(H,33,36). The minimum atomic E-state index is -0.289. The lowest BCUT2D eigenvalue weighted by atomic mass is 9.95. The summed E-state index contributed by atoms with van der Waals surface area (Å²) in [5.74, 6) is 0.408. The van der Waals surface area contributed by atoms with E-state index in [9.17, 15) is 9.59 Å². The summed E-state index contributed by atoms with van der Waals surface area (Å²) >= 11 is 3.38. The maximum Gasteiger partial charge on any atom is 0.256 e. The van der Waals surface area contributed by atoms with Crippen LogP contribution in [-0.2, 0) is 5.75 Å². The minimum absolute atomic E-state index is 0.179. The van der Waals surface area contributed by atoms with Gasteiger partial charge in [-0.2, -0.15) is 0 Å². The molecule has 5 rings (SSSR count). The number of carbonyl (C=O) groups is 2. The zero-order valence-corrected chi connectivity index (χ0v) is 23.7. The van der Waals surface area contributed by atoms with E-state index in [1.54, 1.807) is 47.4 Å². The average Bonchev–Trinajstić information content (AvgIpc) is 3.30. The number of carbonyl (C=O) groups excluding carboxylic acids is 2. The SMILES string of the molecule is Cc1cc(C)c(CSc2nc3ccc(NC(=O)c4ccccc4C(=O)NC4CCCCC4)cc3s2)c(C)c1. The molecule has 1 fully saturated rings. The monoisotopic (exact) mass is 543 g/mol. The Hall–Kier alpha value is -3.16. The number of rotatable bonds is 7. The lowest BCUT2D eigenvalue weighted by Gasteiger charge is -2.23. The number of amides is 2. The first-order valence-corrected chi connectivity index (χ1v) is 15.0. The van der Waals surface area contributed by atoms with E-state index in [4.69, 9.17) is 4.98 Å². The highest BCUT2D eigenvalue weighted by molar-refractivity contribution is 8.00. The van der Waals surface area contributed by atoms with Gasteiger partial charge < -0.3 is 10.6 Å². The van der Waals surface area contributed by atoms with Crippen LogP contribution in [0.3, 0.4) is 0 Å². The minimum Gasteiger partial charge on any atom is -0.349 e. The second-order valence-electron chi connectivity index (χ2n) is 10.1. The van der Waals surface area contributed by atoms with Crippen LogP contribution in [0.5, 0.6) is 0 Å². The molecule has 0 atom stereocenters. The molecule has 38 heavy (non-hydrogen) atoms. The van der Waals surface area contributed by atoms with E-state index >= 15 is 0 Å². The van der Waals surface area contributed by atoms with Gasteiger partial charge in [-0.25, -0.2) is 4.98 Å². The van der Waals surface area contributed by atoms with Crippen LogP contribution < -0.4 is 10.6 Å². The summed E-state index contributed by atoms with van der Waals surface area (Å²) in [5.41, 5.74) is 7.67.